The minimum Gasteiger partial charge on any atom is -0.467 e. The number of nitrogens with one attached hydrogen (secondary N) is 2. The summed E-state index contributed by atoms with van der Waals surface area (Å²) in [6.07, 6.45) is 1.56. The second kappa shape index (κ2) is 7.49. The van der Waals surface area contributed by atoms with E-state index in [4.69, 9.17) is 4.42 Å². The van der Waals surface area contributed by atoms with Crippen LogP contribution in [0.1, 0.15) is 32.0 Å². The van der Waals surface area contributed by atoms with E-state index in [9.17, 15) is 9.59 Å². The van der Waals surface area contributed by atoms with Crippen molar-refractivity contribution in [3.63, 3.8) is 0 Å². The van der Waals surface area contributed by atoms with Crippen molar-refractivity contribution in [1.82, 2.24) is 5.32 Å². The Kier molecular flexibility index (Phi) is 4.95. The van der Waals surface area contributed by atoms with Crippen LogP contribution in [0.25, 0.3) is 0 Å². The van der Waals surface area contributed by atoms with E-state index in [1.807, 2.05) is 19.1 Å². The minimum absolute atomic E-state index is 0.211. The Morgan fingerprint density at radius 1 is 0.920 bits per heavy atom. The summed E-state index contributed by atoms with van der Waals surface area (Å²) < 4.78 is 5.19. The maximum Gasteiger partial charge on any atom is 0.255 e. The molecule has 0 aliphatic rings. The van der Waals surface area contributed by atoms with Gasteiger partial charge in [-0.05, 0) is 48.9 Å². The van der Waals surface area contributed by atoms with Gasteiger partial charge in [-0.25, -0.2) is 0 Å². The van der Waals surface area contributed by atoms with Crippen molar-refractivity contribution in [3.05, 3.63) is 89.4 Å². The third-order valence-corrected chi connectivity index (χ3v) is 3.79. The summed E-state index contributed by atoms with van der Waals surface area (Å²) in [4.78, 5) is 24.6. The van der Waals surface area contributed by atoms with Crippen molar-refractivity contribution in [2.24, 2.45) is 0 Å². The fourth-order valence-corrected chi connectivity index (χ4v) is 2.36. The molecule has 0 unspecified atom stereocenters. The van der Waals surface area contributed by atoms with Crippen LogP contribution in [0.3, 0.4) is 0 Å². The van der Waals surface area contributed by atoms with E-state index in [0.29, 0.717) is 29.1 Å². The molecule has 0 bridgehead atoms. The molecule has 1 heterocycles. The van der Waals surface area contributed by atoms with Crippen LogP contribution in [0.4, 0.5) is 5.69 Å². The number of carbonyl (C=O) groups excluding carboxylic acids is 2. The second-order valence-electron chi connectivity index (χ2n) is 5.61. The predicted octanol–water partition coefficient (Wildman–Crippen LogP) is 3.77. The van der Waals surface area contributed by atoms with Gasteiger partial charge >= 0.3 is 0 Å². The molecule has 3 rings (SSSR count). The number of carbonyl (C=O) groups is 2. The van der Waals surface area contributed by atoms with Crippen molar-refractivity contribution in [2.45, 2.75) is 13.5 Å². The zero-order valence-electron chi connectivity index (χ0n) is 13.8. The summed E-state index contributed by atoms with van der Waals surface area (Å²) in [5.74, 6) is 0.238. The Hall–Kier alpha value is -3.34. The Morgan fingerprint density at radius 3 is 2.44 bits per heavy atom. The van der Waals surface area contributed by atoms with Crippen molar-refractivity contribution < 1.29 is 14.0 Å². The number of hydrogen-bond donors (Lipinski definition) is 2. The molecule has 3 aromatic rings. The Bertz CT molecular complexity index is 871. The van der Waals surface area contributed by atoms with Crippen LogP contribution in [0, 0.1) is 6.92 Å². The summed E-state index contributed by atoms with van der Waals surface area (Å²) in [5.41, 5.74) is 2.53. The molecule has 0 spiro atoms. The van der Waals surface area contributed by atoms with Gasteiger partial charge in [0, 0.05) is 16.8 Å². The molecule has 126 valence electrons. The topological polar surface area (TPSA) is 71.3 Å². The quantitative estimate of drug-likeness (QED) is 0.746. The van der Waals surface area contributed by atoms with E-state index in [1.165, 1.54) is 0 Å². The molecule has 0 fully saturated rings. The first-order valence-corrected chi connectivity index (χ1v) is 7.91. The molecule has 5 heteroatoms. The van der Waals surface area contributed by atoms with Gasteiger partial charge in [-0.2, -0.15) is 0 Å². The molecule has 1 aromatic heterocycles. The minimum atomic E-state index is -0.230. The van der Waals surface area contributed by atoms with Crippen LogP contribution < -0.4 is 10.6 Å². The SMILES string of the molecule is Cc1ccc(C(=O)NCc2ccco2)cc1NC(=O)c1ccccc1. The maximum atomic E-state index is 12.3. The molecule has 5 nitrogen and oxygen atoms in total. The lowest BCUT2D eigenvalue weighted by molar-refractivity contribution is 0.0946. The highest BCUT2D eigenvalue weighted by Crippen LogP contribution is 2.18. The van der Waals surface area contributed by atoms with Crippen LogP contribution in [0.2, 0.25) is 0 Å². The maximum absolute atomic E-state index is 12.3. The normalized spacial score (nSPS) is 10.3. The van der Waals surface area contributed by atoms with E-state index in [0.717, 1.165) is 5.56 Å². The van der Waals surface area contributed by atoms with E-state index >= 15 is 0 Å². The summed E-state index contributed by atoms with van der Waals surface area (Å²) in [7, 11) is 0. The fraction of sp³-hybridized carbons (Fsp3) is 0.100. The van der Waals surface area contributed by atoms with Gasteiger partial charge in [0.15, 0.2) is 0 Å². The van der Waals surface area contributed by atoms with E-state index < -0.39 is 0 Å². The van der Waals surface area contributed by atoms with Crippen LogP contribution in [0.15, 0.2) is 71.3 Å². The van der Waals surface area contributed by atoms with Gasteiger partial charge in [-0.1, -0.05) is 24.3 Å². The molecule has 2 aromatic carbocycles. The fourth-order valence-electron chi connectivity index (χ4n) is 2.36. The standard InChI is InChI=1S/C20H18N2O3/c1-14-9-10-16(19(23)21-13-17-8-5-11-25-17)12-18(14)22-20(24)15-6-3-2-4-7-15/h2-12H,13H2,1H3,(H,21,23)(H,22,24). The lowest BCUT2D eigenvalue weighted by atomic mass is 10.1. The number of hydrogen-bond acceptors (Lipinski definition) is 3. The molecular weight excluding hydrogens is 316 g/mol. The van der Waals surface area contributed by atoms with Crippen LogP contribution in [0.5, 0.6) is 0 Å². The van der Waals surface area contributed by atoms with Gasteiger partial charge in [0.1, 0.15) is 5.76 Å². The third-order valence-electron chi connectivity index (χ3n) is 3.79. The second-order valence-corrected chi connectivity index (χ2v) is 5.61. The van der Waals surface area contributed by atoms with Crippen LogP contribution >= 0.6 is 0 Å². The summed E-state index contributed by atoms with van der Waals surface area (Å²) in [6.45, 7) is 2.19. The molecule has 2 amide bonds. The first-order chi connectivity index (χ1) is 12.1. The first-order valence-electron chi connectivity index (χ1n) is 7.91. The molecule has 0 saturated heterocycles. The van der Waals surface area contributed by atoms with Gasteiger partial charge < -0.3 is 15.1 Å². The van der Waals surface area contributed by atoms with Crippen molar-refractivity contribution in [2.75, 3.05) is 5.32 Å². The predicted molar refractivity (Wildman–Crippen MR) is 95.5 cm³/mol. The van der Waals surface area contributed by atoms with E-state index in [2.05, 4.69) is 10.6 Å². The first kappa shape index (κ1) is 16.5. The number of anilines is 1. The Labute approximate surface area is 145 Å². The van der Waals surface area contributed by atoms with Crippen molar-refractivity contribution in [3.8, 4) is 0 Å². The molecule has 0 aliphatic heterocycles. The number of rotatable bonds is 5. The van der Waals surface area contributed by atoms with Gasteiger partial charge in [0.2, 0.25) is 0 Å². The number of furan rings is 1. The third kappa shape index (κ3) is 4.14. The van der Waals surface area contributed by atoms with Gasteiger partial charge in [0.25, 0.3) is 11.8 Å². The van der Waals surface area contributed by atoms with Gasteiger partial charge in [-0.3, -0.25) is 9.59 Å². The monoisotopic (exact) mass is 334 g/mol. The zero-order valence-corrected chi connectivity index (χ0v) is 13.8. The summed E-state index contributed by atoms with van der Waals surface area (Å²) in [6, 6.07) is 17.7. The largest absolute Gasteiger partial charge is 0.467 e. The molecule has 0 aliphatic carbocycles. The highest BCUT2D eigenvalue weighted by atomic mass is 16.3. The van der Waals surface area contributed by atoms with Gasteiger partial charge in [-0.15, -0.1) is 0 Å². The van der Waals surface area contributed by atoms with E-state index in [1.54, 1.807) is 54.8 Å². The van der Waals surface area contributed by atoms with Crippen LogP contribution in [-0.2, 0) is 6.54 Å². The van der Waals surface area contributed by atoms with Crippen molar-refractivity contribution >= 4 is 17.5 Å². The molecule has 0 atom stereocenters. The Balaban J connectivity index is 1.71. The average Bonchev–Trinajstić information content (AvgIpc) is 3.16. The molecule has 25 heavy (non-hydrogen) atoms. The molecule has 0 radical (unpaired) electrons. The summed E-state index contributed by atoms with van der Waals surface area (Å²) in [5, 5.41) is 5.64. The molecule has 0 saturated carbocycles. The van der Waals surface area contributed by atoms with Gasteiger partial charge in [0.05, 0.1) is 12.8 Å². The van der Waals surface area contributed by atoms with Crippen molar-refractivity contribution in [1.29, 1.82) is 0 Å². The molecule has 2 N–H and O–H groups in total. The smallest absolute Gasteiger partial charge is 0.255 e. The number of amides is 2. The summed E-state index contributed by atoms with van der Waals surface area (Å²) >= 11 is 0. The van der Waals surface area contributed by atoms with E-state index in [-0.39, 0.29) is 11.8 Å². The average molecular weight is 334 g/mol. The zero-order chi connectivity index (χ0) is 17.6. The lowest BCUT2D eigenvalue weighted by Gasteiger charge is -2.11. The Morgan fingerprint density at radius 2 is 1.72 bits per heavy atom. The number of benzene rings is 2. The highest BCUT2D eigenvalue weighted by molar-refractivity contribution is 6.05. The van der Waals surface area contributed by atoms with Crippen LogP contribution in [-0.4, -0.2) is 11.8 Å². The lowest BCUT2D eigenvalue weighted by Crippen LogP contribution is -2.23. The highest BCUT2D eigenvalue weighted by Gasteiger charge is 2.11. The number of aryl methyl sites for hydroxylation is 1. The molecular formula is C20H18N2O3.